The van der Waals surface area contributed by atoms with E-state index in [-0.39, 0.29) is 21.3 Å². The number of carbonyl (C=O) groups excluding carboxylic acids is 1. The summed E-state index contributed by atoms with van der Waals surface area (Å²) in [7, 11) is 5.48. The molecular formula is C32H32ClFN5O3S2+. The fraction of sp³-hybridized carbons (Fsp3) is 0.250. The minimum absolute atomic E-state index is 0.0605. The Morgan fingerprint density at radius 2 is 1.66 bits per heavy atom. The number of fused-ring (bicyclic) bond motifs is 1. The number of methoxy groups -OCH3 is 1. The zero-order valence-corrected chi connectivity index (χ0v) is 27.0. The first-order valence-corrected chi connectivity index (χ1v) is 16.2. The summed E-state index contributed by atoms with van der Waals surface area (Å²) in [5.41, 5.74) is 5.01. The molecule has 3 heterocycles. The third kappa shape index (κ3) is 7.06. The maximum Gasteiger partial charge on any atom is 0.325 e. The first-order valence-electron chi connectivity index (χ1n) is 14.0. The van der Waals surface area contributed by atoms with Gasteiger partial charge in [-0.3, -0.25) is 14.3 Å². The van der Waals surface area contributed by atoms with Gasteiger partial charge < -0.3 is 4.74 Å². The molecule has 5 aromatic rings. The lowest BCUT2D eigenvalue weighted by molar-refractivity contribution is -0.740. The van der Waals surface area contributed by atoms with E-state index in [1.54, 1.807) is 9.36 Å². The molecule has 0 amide bonds. The van der Waals surface area contributed by atoms with Crippen LogP contribution in [0.3, 0.4) is 0 Å². The average molecular weight is 653 g/mol. The molecule has 0 N–H and O–H groups in total. The Morgan fingerprint density at radius 3 is 2.32 bits per heavy atom. The van der Waals surface area contributed by atoms with Crippen molar-refractivity contribution in [1.82, 2.24) is 14.0 Å². The molecule has 2 aromatic heterocycles. The molecule has 0 unspecified atom stereocenters. The zero-order chi connectivity index (χ0) is 31.2. The van der Waals surface area contributed by atoms with Crippen molar-refractivity contribution in [3.8, 4) is 22.5 Å². The highest BCUT2D eigenvalue weighted by atomic mass is 35.5. The van der Waals surface area contributed by atoms with Gasteiger partial charge in [0.25, 0.3) is 0 Å². The smallest absolute Gasteiger partial charge is 0.325 e. The van der Waals surface area contributed by atoms with Crippen LogP contribution in [0.4, 0.5) is 10.1 Å². The molecule has 0 fully saturated rings. The highest BCUT2D eigenvalue weighted by molar-refractivity contribution is 8.00. The summed E-state index contributed by atoms with van der Waals surface area (Å²) in [6, 6.07) is 25.8. The second-order valence-corrected chi connectivity index (χ2v) is 12.4. The van der Waals surface area contributed by atoms with Crippen LogP contribution in [0.25, 0.3) is 22.5 Å². The van der Waals surface area contributed by atoms with E-state index in [2.05, 4.69) is 87.8 Å². The molecule has 0 bridgehead atoms. The van der Waals surface area contributed by atoms with Crippen molar-refractivity contribution in [2.75, 3.05) is 12.9 Å². The van der Waals surface area contributed by atoms with Crippen molar-refractivity contribution in [2.45, 2.75) is 30.8 Å². The number of halogens is 2. The molecule has 44 heavy (non-hydrogen) atoms. The molecule has 0 radical (unpaired) electrons. The van der Waals surface area contributed by atoms with Gasteiger partial charge in [-0.1, -0.05) is 60.1 Å². The van der Waals surface area contributed by atoms with Crippen LogP contribution in [0, 0.1) is 5.82 Å². The SMILES string of the molecule is COC(=O)CSc1cc(N=c2sc(=O)n3n2CCCC3)c(F)cc1Cl.Cn1c(-c2ccccc2)cc(-c2ccccc2)[n+]1C. The summed E-state index contributed by atoms with van der Waals surface area (Å²) < 4.78 is 26.6. The summed E-state index contributed by atoms with van der Waals surface area (Å²) in [5, 5.41) is 0.199. The summed E-state index contributed by atoms with van der Waals surface area (Å²) in [5.74, 6) is -0.923. The third-order valence-corrected chi connectivity index (χ3v) is 9.57. The number of ether oxygens (including phenoxy) is 1. The largest absolute Gasteiger partial charge is 0.468 e. The highest BCUT2D eigenvalue weighted by Crippen LogP contribution is 2.33. The molecule has 1 aliphatic heterocycles. The van der Waals surface area contributed by atoms with Gasteiger partial charge in [0.05, 0.1) is 24.9 Å². The number of hydrogen-bond acceptors (Lipinski definition) is 6. The molecule has 0 saturated carbocycles. The monoisotopic (exact) mass is 652 g/mol. The Balaban J connectivity index is 0.000000181. The van der Waals surface area contributed by atoms with Crippen molar-refractivity contribution in [3.05, 3.63) is 104 Å². The van der Waals surface area contributed by atoms with E-state index in [0.29, 0.717) is 22.8 Å². The number of hydrogen-bond donors (Lipinski definition) is 0. The minimum atomic E-state index is -0.580. The Kier molecular flexibility index (Phi) is 10.2. The van der Waals surface area contributed by atoms with E-state index in [1.165, 1.54) is 35.7 Å². The first-order chi connectivity index (χ1) is 21.3. The summed E-state index contributed by atoms with van der Waals surface area (Å²) in [4.78, 5) is 28.5. The van der Waals surface area contributed by atoms with Crippen LogP contribution in [0.5, 0.6) is 0 Å². The number of esters is 1. The van der Waals surface area contributed by atoms with Gasteiger partial charge in [0.2, 0.25) is 10.5 Å². The molecule has 0 aliphatic carbocycles. The van der Waals surface area contributed by atoms with Crippen molar-refractivity contribution >= 4 is 46.4 Å². The van der Waals surface area contributed by atoms with Crippen LogP contribution < -0.4 is 14.4 Å². The van der Waals surface area contributed by atoms with Crippen LogP contribution in [0.15, 0.2) is 93.5 Å². The van der Waals surface area contributed by atoms with Gasteiger partial charge >= 0.3 is 10.8 Å². The van der Waals surface area contributed by atoms with Gasteiger partial charge in [-0.05, 0) is 48.4 Å². The number of carbonyl (C=O) groups is 1. The fourth-order valence-electron chi connectivity index (χ4n) is 4.83. The second-order valence-electron chi connectivity index (χ2n) is 10.0. The van der Waals surface area contributed by atoms with E-state index in [1.807, 2.05) is 12.1 Å². The van der Waals surface area contributed by atoms with Crippen molar-refractivity contribution in [3.63, 3.8) is 0 Å². The number of thioether (sulfide) groups is 1. The van der Waals surface area contributed by atoms with Gasteiger partial charge in [0.1, 0.15) is 17.2 Å². The summed E-state index contributed by atoms with van der Waals surface area (Å²) >= 11 is 8.17. The standard InChI is InChI=1S/C17H17N2.C15H15ClFN3O3S2/c1-18-16(14-9-5-3-6-10-14)13-17(19(18)2)15-11-7-4-8-12-15;1-23-13(21)8-24-12-7-11(10(17)6-9(12)16)18-14-19-4-2-3-5-20(19)15(22)25-14/h3-13H,1-2H3;6-7H,2-5,8H2,1H3/q+1;. The number of aromatic nitrogens is 4. The average Bonchev–Trinajstić information content (AvgIpc) is 3.53. The molecule has 12 heteroatoms. The minimum Gasteiger partial charge on any atom is -0.468 e. The summed E-state index contributed by atoms with van der Waals surface area (Å²) in [6.45, 7) is 1.32. The Morgan fingerprint density at radius 1 is 1.02 bits per heavy atom. The topological polar surface area (TPSA) is 74.4 Å². The Labute approximate surface area is 267 Å². The van der Waals surface area contributed by atoms with Crippen LogP contribution in [-0.4, -0.2) is 32.9 Å². The molecule has 0 spiro atoms. The zero-order valence-electron chi connectivity index (χ0n) is 24.6. The molecule has 1 aliphatic rings. The lowest BCUT2D eigenvalue weighted by Gasteiger charge is -2.15. The molecular weight excluding hydrogens is 621 g/mol. The van der Waals surface area contributed by atoms with Crippen molar-refractivity contribution < 1.29 is 18.6 Å². The predicted octanol–water partition coefficient (Wildman–Crippen LogP) is 5.98. The molecule has 6 rings (SSSR count). The predicted molar refractivity (Wildman–Crippen MR) is 173 cm³/mol. The fourth-order valence-corrected chi connectivity index (χ4v) is 6.82. The second kappa shape index (κ2) is 14.2. The first kappa shape index (κ1) is 31.5. The van der Waals surface area contributed by atoms with Crippen LogP contribution >= 0.6 is 34.7 Å². The molecule has 8 nitrogen and oxygen atoms in total. The maximum absolute atomic E-state index is 14.3. The van der Waals surface area contributed by atoms with Gasteiger partial charge in [-0.25, -0.2) is 14.1 Å². The normalized spacial score (nSPS) is 12.8. The Bertz CT molecular complexity index is 1840. The van der Waals surface area contributed by atoms with Crippen LogP contribution in [-0.2, 0) is 36.7 Å². The summed E-state index contributed by atoms with van der Waals surface area (Å²) in [6.07, 6.45) is 1.90. The number of benzene rings is 3. The van der Waals surface area contributed by atoms with Gasteiger partial charge in [0, 0.05) is 35.2 Å². The van der Waals surface area contributed by atoms with Gasteiger partial charge in [-0.15, -0.1) is 16.4 Å². The van der Waals surface area contributed by atoms with Crippen LogP contribution in [0.1, 0.15) is 12.8 Å². The van der Waals surface area contributed by atoms with E-state index in [4.69, 9.17) is 11.6 Å². The van der Waals surface area contributed by atoms with Gasteiger partial charge in [-0.2, -0.15) is 4.68 Å². The lowest BCUT2D eigenvalue weighted by Crippen LogP contribution is -2.39. The number of nitrogens with zero attached hydrogens (tertiary/aromatic N) is 5. The molecule has 3 aromatic carbocycles. The van der Waals surface area contributed by atoms with Crippen molar-refractivity contribution in [2.24, 2.45) is 19.1 Å². The van der Waals surface area contributed by atoms with E-state index in [0.717, 1.165) is 42.0 Å². The quantitative estimate of drug-likeness (QED) is 0.129. The molecule has 0 saturated heterocycles. The third-order valence-electron chi connectivity index (χ3n) is 7.24. The molecule has 228 valence electrons. The highest BCUT2D eigenvalue weighted by Gasteiger charge is 2.19. The van der Waals surface area contributed by atoms with E-state index >= 15 is 0 Å². The lowest BCUT2D eigenvalue weighted by atomic mass is 10.1. The maximum atomic E-state index is 14.3. The number of rotatable bonds is 6. The van der Waals surface area contributed by atoms with Gasteiger partial charge in [0.15, 0.2) is 7.05 Å². The van der Waals surface area contributed by atoms with Crippen molar-refractivity contribution in [1.29, 1.82) is 0 Å². The Hall–Kier alpha value is -3.93. The van der Waals surface area contributed by atoms with Crippen LogP contribution in [0.2, 0.25) is 5.02 Å². The van der Waals surface area contributed by atoms with E-state index in [9.17, 15) is 14.0 Å². The van der Waals surface area contributed by atoms with E-state index < -0.39 is 11.8 Å². The molecule has 0 atom stereocenters.